The van der Waals surface area contributed by atoms with Gasteiger partial charge in [0, 0.05) is 11.0 Å². The summed E-state index contributed by atoms with van der Waals surface area (Å²) in [7, 11) is 0. The molecule has 0 radical (unpaired) electrons. The van der Waals surface area contributed by atoms with Crippen molar-refractivity contribution in [3.8, 4) is 6.07 Å². The van der Waals surface area contributed by atoms with E-state index < -0.39 is 0 Å². The van der Waals surface area contributed by atoms with Gasteiger partial charge in [0.1, 0.15) is 5.76 Å². The van der Waals surface area contributed by atoms with E-state index in [0.29, 0.717) is 6.42 Å². The minimum atomic E-state index is -0.0668. The van der Waals surface area contributed by atoms with Crippen LogP contribution in [-0.2, 0) is 11.8 Å². The van der Waals surface area contributed by atoms with Gasteiger partial charge < -0.3 is 4.52 Å². The average Bonchev–Trinajstić information content (AvgIpc) is 2.34. The van der Waals surface area contributed by atoms with Gasteiger partial charge in [-0.25, -0.2) is 0 Å². The maximum atomic E-state index is 8.51. The highest BCUT2D eigenvalue weighted by molar-refractivity contribution is 5.23. The lowest BCUT2D eigenvalue weighted by atomic mass is 9.90. The van der Waals surface area contributed by atoms with Gasteiger partial charge in [-0.05, 0) is 0 Å². The molecule has 0 aromatic carbocycles. The SMILES string of the molecule is CC(C)(C)c1oncc1CC#N. The molecular weight excluding hydrogens is 152 g/mol. The van der Waals surface area contributed by atoms with Gasteiger partial charge in [-0.1, -0.05) is 25.9 Å². The van der Waals surface area contributed by atoms with E-state index >= 15 is 0 Å². The molecule has 0 fully saturated rings. The van der Waals surface area contributed by atoms with Crippen LogP contribution in [0.15, 0.2) is 10.7 Å². The molecule has 0 amide bonds. The standard InChI is InChI=1S/C9H12N2O/c1-9(2,3)8-7(4-5-10)6-11-12-8/h6H,4H2,1-3H3. The zero-order valence-corrected chi connectivity index (χ0v) is 7.59. The van der Waals surface area contributed by atoms with Crippen LogP contribution in [0.3, 0.4) is 0 Å². The Bertz CT molecular complexity index is 301. The van der Waals surface area contributed by atoms with E-state index in [0.717, 1.165) is 11.3 Å². The number of hydrogen-bond donors (Lipinski definition) is 0. The van der Waals surface area contributed by atoms with Crippen molar-refractivity contribution < 1.29 is 4.52 Å². The summed E-state index contributed by atoms with van der Waals surface area (Å²) in [4.78, 5) is 0. The fourth-order valence-corrected chi connectivity index (χ4v) is 1.09. The molecule has 0 unspecified atom stereocenters. The second-order valence-corrected chi connectivity index (χ2v) is 3.77. The van der Waals surface area contributed by atoms with Crippen molar-refractivity contribution in [1.29, 1.82) is 5.26 Å². The van der Waals surface area contributed by atoms with Gasteiger partial charge in [-0.15, -0.1) is 0 Å². The molecule has 0 saturated heterocycles. The zero-order valence-electron chi connectivity index (χ0n) is 7.59. The third kappa shape index (κ3) is 1.65. The second-order valence-electron chi connectivity index (χ2n) is 3.77. The summed E-state index contributed by atoms with van der Waals surface area (Å²) < 4.78 is 5.08. The molecule has 3 heteroatoms. The normalized spacial score (nSPS) is 11.2. The Morgan fingerprint density at radius 1 is 1.58 bits per heavy atom. The van der Waals surface area contributed by atoms with Gasteiger partial charge in [0.25, 0.3) is 0 Å². The van der Waals surface area contributed by atoms with Gasteiger partial charge in [-0.3, -0.25) is 0 Å². The lowest BCUT2D eigenvalue weighted by Gasteiger charge is -2.14. The number of hydrogen-bond acceptors (Lipinski definition) is 3. The van der Waals surface area contributed by atoms with E-state index in [4.69, 9.17) is 9.78 Å². The predicted octanol–water partition coefficient (Wildman–Crippen LogP) is 2.04. The van der Waals surface area contributed by atoms with E-state index in [-0.39, 0.29) is 5.41 Å². The summed E-state index contributed by atoms with van der Waals surface area (Å²) in [6, 6.07) is 2.08. The highest BCUT2D eigenvalue weighted by atomic mass is 16.5. The highest BCUT2D eigenvalue weighted by Crippen LogP contribution is 2.25. The van der Waals surface area contributed by atoms with Crippen molar-refractivity contribution in [3.05, 3.63) is 17.5 Å². The Hall–Kier alpha value is -1.30. The molecule has 0 aliphatic carbocycles. The summed E-state index contributed by atoms with van der Waals surface area (Å²) >= 11 is 0. The van der Waals surface area contributed by atoms with Crippen LogP contribution in [0.25, 0.3) is 0 Å². The summed E-state index contributed by atoms with van der Waals surface area (Å²) in [6.45, 7) is 6.11. The predicted molar refractivity (Wildman–Crippen MR) is 44.5 cm³/mol. The first-order valence-corrected chi connectivity index (χ1v) is 3.86. The van der Waals surface area contributed by atoms with Crippen molar-refractivity contribution in [2.24, 2.45) is 0 Å². The second kappa shape index (κ2) is 2.98. The zero-order chi connectivity index (χ0) is 9.19. The molecule has 1 heterocycles. The molecule has 0 saturated carbocycles. The Labute approximate surface area is 72.0 Å². The minimum Gasteiger partial charge on any atom is -0.361 e. The molecular formula is C9H12N2O. The summed E-state index contributed by atoms with van der Waals surface area (Å²) in [5.41, 5.74) is 0.827. The van der Waals surface area contributed by atoms with Crippen molar-refractivity contribution in [2.75, 3.05) is 0 Å². The Kier molecular flexibility index (Phi) is 2.18. The van der Waals surface area contributed by atoms with Crippen LogP contribution in [0.4, 0.5) is 0 Å². The molecule has 0 atom stereocenters. The third-order valence-corrected chi connectivity index (χ3v) is 1.59. The molecule has 1 aromatic rings. The van der Waals surface area contributed by atoms with Crippen molar-refractivity contribution in [2.45, 2.75) is 32.6 Å². The molecule has 1 rings (SSSR count). The van der Waals surface area contributed by atoms with Gasteiger partial charge in [-0.2, -0.15) is 5.26 Å². The lowest BCUT2D eigenvalue weighted by Crippen LogP contribution is -2.12. The molecule has 1 aromatic heterocycles. The van der Waals surface area contributed by atoms with Gasteiger partial charge in [0.2, 0.25) is 0 Å². The number of nitriles is 1. The monoisotopic (exact) mass is 164 g/mol. The highest BCUT2D eigenvalue weighted by Gasteiger charge is 2.22. The number of rotatable bonds is 1. The first kappa shape index (κ1) is 8.79. The van der Waals surface area contributed by atoms with Crippen molar-refractivity contribution in [1.82, 2.24) is 5.16 Å². The quantitative estimate of drug-likeness (QED) is 0.638. The smallest absolute Gasteiger partial charge is 0.146 e. The van der Waals surface area contributed by atoms with Crippen LogP contribution in [-0.4, -0.2) is 5.16 Å². The molecule has 0 N–H and O–H groups in total. The molecule has 0 aliphatic heterocycles. The molecule has 64 valence electrons. The van der Waals surface area contributed by atoms with E-state index in [1.165, 1.54) is 0 Å². The fraction of sp³-hybridized carbons (Fsp3) is 0.556. The van der Waals surface area contributed by atoms with Crippen LogP contribution in [0, 0.1) is 11.3 Å². The summed E-state index contributed by atoms with van der Waals surface area (Å²) in [5.74, 6) is 0.809. The summed E-state index contributed by atoms with van der Waals surface area (Å²) in [6.07, 6.45) is 1.99. The van der Waals surface area contributed by atoms with Gasteiger partial charge in [0.15, 0.2) is 0 Å². The van der Waals surface area contributed by atoms with Crippen LogP contribution in [0.1, 0.15) is 32.1 Å². The van der Waals surface area contributed by atoms with Crippen molar-refractivity contribution in [3.63, 3.8) is 0 Å². The number of aromatic nitrogens is 1. The van der Waals surface area contributed by atoms with E-state index in [1.807, 2.05) is 20.8 Å². The molecule has 0 bridgehead atoms. The van der Waals surface area contributed by atoms with Crippen LogP contribution in [0.2, 0.25) is 0 Å². The first-order chi connectivity index (χ1) is 5.55. The molecule has 0 spiro atoms. The van der Waals surface area contributed by atoms with Crippen LogP contribution < -0.4 is 0 Å². The van der Waals surface area contributed by atoms with Gasteiger partial charge >= 0.3 is 0 Å². The van der Waals surface area contributed by atoms with Gasteiger partial charge in [0.05, 0.1) is 18.7 Å². The summed E-state index contributed by atoms with van der Waals surface area (Å²) in [5, 5.41) is 12.2. The van der Waals surface area contributed by atoms with Crippen molar-refractivity contribution >= 4 is 0 Å². The number of nitrogens with zero attached hydrogens (tertiary/aromatic N) is 2. The van der Waals surface area contributed by atoms with Crippen LogP contribution >= 0.6 is 0 Å². The van der Waals surface area contributed by atoms with E-state index in [1.54, 1.807) is 6.20 Å². The lowest BCUT2D eigenvalue weighted by molar-refractivity contribution is 0.327. The molecule has 0 aliphatic rings. The first-order valence-electron chi connectivity index (χ1n) is 3.86. The van der Waals surface area contributed by atoms with E-state index in [9.17, 15) is 0 Å². The minimum absolute atomic E-state index is 0.0668. The molecule has 12 heavy (non-hydrogen) atoms. The average molecular weight is 164 g/mol. The topological polar surface area (TPSA) is 49.8 Å². The Morgan fingerprint density at radius 3 is 2.75 bits per heavy atom. The van der Waals surface area contributed by atoms with Crippen LogP contribution in [0.5, 0.6) is 0 Å². The Balaban J connectivity index is 3.01. The fourth-order valence-electron chi connectivity index (χ4n) is 1.09. The maximum absolute atomic E-state index is 8.51. The largest absolute Gasteiger partial charge is 0.361 e. The maximum Gasteiger partial charge on any atom is 0.146 e. The van der Waals surface area contributed by atoms with E-state index in [2.05, 4.69) is 11.2 Å². The molecule has 3 nitrogen and oxygen atoms in total. The third-order valence-electron chi connectivity index (χ3n) is 1.59. The Morgan fingerprint density at radius 2 is 2.25 bits per heavy atom.